The lowest BCUT2D eigenvalue weighted by molar-refractivity contribution is 0.103. The molecule has 0 aliphatic heterocycles. The van der Waals surface area contributed by atoms with Gasteiger partial charge in [-0.2, -0.15) is 0 Å². The van der Waals surface area contributed by atoms with Gasteiger partial charge in [0.05, 0.1) is 23.3 Å². The molecule has 0 bridgehead atoms. The highest BCUT2D eigenvalue weighted by Gasteiger charge is 2.24. The van der Waals surface area contributed by atoms with E-state index in [1.165, 1.54) is 11.3 Å². The number of carbonyl (C=O) groups is 1. The molecule has 10 heteroatoms. The summed E-state index contributed by atoms with van der Waals surface area (Å²) in [5.41, 5.74) is 3.47. The number of hydrogen-bond acceptors (Lipinski definition) is 8. The van der Waals surface area contributed by atoms with E-state index >= 15 is 0 Å². The zero-order chi connectivity index (χ0) is 26.5. The molecule has 5 rings (SSSR count). The van der Waals surface area contributed by atoms with Crippen LogP contribution in [0.1, 0.15) is 27.2 Å². The van der Waals surface area contributed by atoms with Crippen LogP contribution in [0.5, 0.6) is 0 Å². The summed E-state index contributed by atoms with van der Waals surface area (Å²) in [6, 6.07) is 11.1. The van der Waals surface area contributed by atoms with E-state index in [4.69, 9.17) is 0 Å². The third-order valence-corrected chi connectivity index (χ3v) is 7.15. The molecule has 0 saturated heterocycles. The molecule has 38 heavy (non-hydrogen) atoms. The Balaban J connectivity index is 1.28. The molecule has 192 valence electrons. The van der Waals surface area contributed by atoms with E-state index in [9.17, 15) is 14.4 Å². The summed E-state index contributed by atoms with van der Waals surface area (Å²) < 4.78 is 1.95. The van der Waals surface area contributed by atoms with E-state index in [0.29, 0.717) is 40.5 Å². The predicted octanol–water partition coefficient (Wildman–Crippen LogP) is 4.28. The van der Waals surface area contributed by atoms with Crippen molar-refractivity contribution in [2.45, 2.75) is 26.4 Å². The molecule has 2 aromatic carbocycles. The summed E-state index contributed by atoms with van der Waals surface area (Å²) in [4.78, 5) is 46.6. The number of thiophene rings is 1. The molecule has 0 atom stereocenters. The van der Waals surface area contributed by atoms with Crippen LogP contribution in [0.15, 0.2) is 82.5 Å². The number of benzene rings is 1. The third-order valence-electron chi connectivity index (χ3n) is 6.23. The van der Waals surface area contributed by atoms with Gasteiger partial charge in [-0.3, -0.25) is 19.4 Å². The van der Waals surface area contributed by atoms with Gasteiger partial charge in [-0.1, -0.05) is 6.07 Å². The maximum atomic E-state index is 13.1. The number of hydrogen-bond donors (Lipinski definition) is 3. The Hall–Kier alpha value is -4.57. The Labute approximate surface area is 222 Å². The molecule has 0 aliphatic rings. The Morgan fingerprint density at radius 2 is 1.84 bits per heavy atom. The fourth-order valence-electron chi connectivity index (χ4n) is 4.19. The average Bonchev–Trinajstić information content (AvgIpc) is 3.63. The molecule has 0 spiro atoms. The molecule has 0 fully saturated rings. The topological polar surface area (TPSA) is 118 Å². The lowest BCUT2D eigenvalue weighted by atomic mass is 9.94. The molecule has 5 aromatic rings. The van der Waals surface area contributed by atoms with E-state index in [1.807, 2.05) is 47.3 Å². The largest absolute Gasteiger partial charge is 0.381 e. The molecule has 3 aromatic heterocycles. The first-order valence-corrected chi connectivity index (χ1v) is 13.0. The second kappa shape index (κ2) is 11.2. The second-order valence-corrected chi connectivity index (χ2v) is 9.76. The highest BCUT2D eigenvalue weighted by atomic mass is 32.1. The summed E-state index contributed by atoms with van der Waals surface area (Å²) in [6.07, 6.45) is 9.55. The number of imidazole rings is 1. The Morgan fingerprint density at radius 1 is 1.00 bits per heavy atom. The lowest BCUT2D eigenvalue weighted by Crippen LogP contribution is -2.36. The number of pyridine rings is 1. The number of aromatic nitrogens is 3. The van der Waals surface area contributed by atoms with Crippen molar-refractivity contribution in [1.29, 1.82) is 0 Å². The van der Waals surface area contributed by atoms with Gasteiger partial charge in [-0.15, -0.1) is 11.3 Å². The number of amides is 1. The number of carbonyl (C=O) groups excluding carboxylic acids is 1. The Morgan fingerprint density at radius 3 is 2.63 bits per heavy atom. The van der Waals surface area contributed by atoms with Gasteiger partial charge in [-0.05, 0) is 65.7 Å². The molecule has 9 nitrogen and oxygen atoms in total. The van der Waals surface area contributed by atoms with Crippen LogP contribution >= 0.6 is 11.3 Å². The normalized spacial score (nSPS) is 11.0. The highest BCUT2D eigenvalue weighted by molar-refractivity contribution is 7.12. The first kappa shape index (κ1) is 25.1. The van der Waals surface area contributed by atoms with Gasteiger partial charge in [0.1, 0.15) is 4.88 Å². The van der Waals surface area contributed by atoms with Gasteiger partial charge >= 0.3 is 0 Å². The Kier molecular flexibility index (Phi) is 7.41. The second-order valence-electron chi connectivity index (χ2n) is 8.85. The highest BCUT2D eigenvalue weighted by Crippen LogP contribution is 2.30. The first-order chi connectivity index (χ1) is 18.5. The Bertz CT molecular complexity index is 1620. The maximum absolute atomic E-state index is 13.1. The van der Waals surface area contributed by atoms with E-state index < -0.39 is 10.9 Å². The molecule has 0 saturated carbocycles. The summed E-state index contributed by atoms with van der Waals surface area (Å²) in [5.74, 6) is -0.255. The van der Waals surface area contributed by atoms with Crippen LogP contribution in [0.3, 0.4) is 0 Å². The van der Waals surface area contributed by atoms with Crippen LogP contribution < -0.4 is 26.8 Å². The summed E-state index contributed by atoms with van der Waals surface area (Å²) in [7, 11) is 0. The third kappa shape index (κ3) is 5.40. The SMILES string of the molecule is Cc1ccc(NC(=O)c2sccc2NCc2ccncc2)cc1-c1c(NCCCn2ccnc2)c(=O)c1=O. The summed E-state index contributed by atoms with van der Waals surface area (Å²) in [5, 5.41) is 11.2. The minimum atomic E-state index is -0.519. The maximum Gasteiger partial charge on any atom is 0.267 e. The van der Waals surface area contributed by atoms with Gasteiger partial charge in [0.2, 0.25) is 10.9 Å². The van der Waals surface area contributed by atoms with Gasteiger partial charge < -0.3 is 20.5 Å². The average molecular weight is 527 g/mol. The molecule has 3 N–H and O–H groups in total. The molecule has 0 unspecified atom stereocenters. The summed E-state index contributed by atoms with van der Waals surface area (Å²) >= 11 is 1.34. The van der Waals surface area contributed by atoms with Crippen molar-refractivity contribution in [3.8, 4) is 11.1 Å². The smallest absolute Gasteiger partial charge is 0.267 e. The molecule has 3 heterocycles. The van der Waals surface area contributed by atoms with Crippen LogP contribution in [0.2, 0.25) is 0 Å². The van der Waals surface area contributed by atoms with Gasteiger partial charge in [0, 0.05) is 50.1 Å². The van der Waals surface area contributed by atoms with Crippen LogP contribution in [0.4, 0.5) is 17.1 Å². The monoisotopic (exact) mass is 526 g/mol. The van der Waals surface area contributed by atoms with Gasteiger partial charge in [0.25, 0.3) is 5.91 Å². The van der Waals surface area contributed by atoms with Crippen LogP contribution in [-0.4, -0.2) is 27.0 Å². The van der Waals surface area contributed by atoms with Crippen molar-refractivity contribution in [1.82, 2.24) is 14.5 Å². The minimum absolute atomic E-state index is 0.255. The fourth-order valence-corrected chi connectivity index (χ4v) is 4.96. The minimum Gasteiger partial charge on any atom is -0.381 e. The van der Waals surface area contributed by atoms with Crippen LogP contribution in [0.25, 0.3) is 11.1 Å². The molecule has 1 amide bonds. The van der Waals surface area contributed by atoms with E-state index in [-0.39, 0.29) is 5.91 Å². The number of aryl methyl sites for hydroxylation is 2. The van der Waals surface area contributed by atoms with Gasteiger partial charge in [-0.25, -0.2) is 4.98 Å². The first-order valence-electron chi connectivity index (χ1n) is 12.2. The summed E-state index contributed by atoms with van der Waals surface area (Å²) in [6.45, 7) is 3.73. The number of nitrogens with one attached hydrogen (secondary N) is 3. The van der Waals surface area contributed by atoms with Crippen molar-refractivity contribution in [2.24, 2.45) is 0 Å². The van der Waals surface area contributed by atoms with Crippen LogP contribution in [-0.2, 0) is 13.1 Å². The quantitative estimate of drug-likeness (QED) is 0.174. The molecular formula is C28H26N6O3S. The predicted molar refractivity (Wildman–Crippen MR) is 151 cm³/mol. The van der Waals surface area contributed by atoms with Crippen molar-refractivity contribution >= 4 is 34.3 Å². The van der Waals surface area contributed by atoms with Crippen molar-refractivity contribution in [3.05, 3.63) is 109 Å². The zero-order valence-electron chi connectivity index (χ0n) is 20.7. The standard InChI is InChI=1S/C28H26N6O3S/c1-18-3-4-20(33-28(37)27-22(7-14-38-27)32-16-19-5-9-29-10-6-19)15-21(18)23-24(26(36)25(23)35)31-8-2-12-34-13-11-30-17-34/h3-7,9-11,13-15,17,31-32H,2,8,12,16H2,1H3,(H,33,37). The van der Waals surface area contributed by atoms with Crippen molar-refractivity contribution in [2.75, 3.05) is 22.5 Å². The van der Waals surface area contributed by atoms with Crippen molar-refractivity contribution in [3.63, 3.8) is 0 Å². The molecular weight excluding hydrogens is 500 g/mol. The molecule has 0 radical (unpaired) electrons. The zero-order valence-corrected chi connectivity index (χ0v) is 21.5. The number of rotatable bonds is 11. The lowest BCUT2D eigenvalue weighted by Gasteiger charge is -2.16. The van der Waals surface area contributed by atoms with E-state index in [1.54, 1.807) is 37.1 Å². The van der Waals surface area contributed by atoms with E-state index in [2.05, 4.69) is 25.9 Å². The fraction of sp³-hybridized carbons (Fsp3) is 0.179. The molecule has 0 aliphatic carbocycles. The van der Waals surface area contributed by atoms with Crippen LogP contribution in [0, 0.1) is 6.92 Å². The van der Waals surface area contributed by atoms with Gasteiger partial charge in [0.15, 0.2) is 0 Å². The van der Waals surface area contributed by atoms with Crippen molar-refractivity contribution < 1.29 is 4.79 Å². The number of nitrogens with zero attached hydrogens (tertiary/aromatic N) is 3. The number of anilines is 3. The van der Waals surface area contributed by atoms with E-state index in [0.717, 1.165) is 29.8 Å².